The van der Waals surface area contributed by atoms with Crippen molar-refractivity contribution in [2.75, 3.05) is 19.8 Å². The van der Waals surface area contributed by atoms with Gasteiger partial charge in [0.05, 0.1) is 13.2 Å². The minimum atomic E-state index is -0.463. The number of hydrogen-bond donors (Lipinski definition) is 0. The summed E-state index contributed by atoms with van der Waals surface area (Å²) < 4.78 is 9.40. The van der Waals surface area contributed by atoms with Gasteiger partial charge < -0.3 is 9.47 Å². The summed E-state index contributed by atoms with van der Waals surface area (Å²) in [4.78, 5) is 14.4. The Morgan fingerprint density at radius 2 is 2.00 bits per heavy atom. The summed E-state index contributed by atoms with van der Waals surface area (Å²) in [5.41, 5.74) is 0. The molecule has 72 valence electrons. The van der Waals surface area contributed by atoms with Gasteiger partial charge in [-0.1, -0.05) is 0 Å². The maximum atomic E-state index is 10.8. The molecule has 0 aromatic rings. The number of esters is 1. The van der Waals surface area contributed by atoms with Gasteiger partial charge in [-0.25, -0.2) is 4.99 Å². The van der Waals surface area contributed by atoms with Crippen LogP contribution in [0.15, 0.2) is 4.99 Å². The highest BCUT2D eigenvalue weighted by atomic mass is 16.5. The van der Waals surface area contributed by atoms with Crippen LogP contribution >= 0.6 is 0 Å². The van der Waals surface area contributed by atoms with E-state index < -0.39 is 5.97 Å². The number of nitrogens with zero attached hydrogens (tertiary/aromatic N) is 2. The molecule has 0 aromatic carbocycles. The third kappa shape index (κ3) is 5.67. The molecule has 0 aliphatic carbocycles. The SMILES string of the molecule is CCOC(=O)CN=C(C#N)OCC. The number of ether oxygens (including phenoxy) is 2. The fraction of sp³-hybridized carbons (Fsp3) is 0.625. The molecule has 13 heavy (non-hydrogen) atoms. The molecule has 0 atom stereocenters. The normalized spacial score (nSPS) is 10.4. The van der Waals surface area contributed by atoms with E-state index in [0.29, 0.717) is 13.2 Å². The van der Waals surface area contributed by atoms with Crippen molar-refractivity contribution < 1.29 is 14.3 Å². The van der Waals surface area contributed by atoms with Gasteiger partial charge in [-0.2, -0.15) is 5.26 Å². The summed E-state index contributed by atoms with van der Waals surface area (Å²) in [6.07, 6.45) is 0. The van der Waals surface area contributed by atoms with Gasteiger partial charge in [-0.05, 0) is 13.8 Å². The zero-order chi connectivity index (χ0) is 10.1. The number of carbonyl (C=O) groups excluding carboxylic acids is 1. The topological polar surface area (TPSA) is 71.7 Å². The lowest BCUT2D eigenvalue weighted by atomic mass is 10.6. The van der Waals surface area contributed by atoms with E-state index in [0.717, 1.165) is 0 Å². The Morgan fingerprint density at radius 3 is 2.46 bits per heavy atom. The number of hydrogen-bond acceptors (Lipinski definition) is 5. The highest BCUT2D eigenvalue weighted by Gasteiger charge is 2.01. The molecule has 0 aliphatic heterocycles. The van der Waals surface area contributed by atoms with Gasteiger partial charge in [0.15, 0.2) is 6.07 Å². The molecule has 0 spiro atoms. The molecule has 0 unspecified atom stereocenters. The zero-order valence-electron chi connectivity index (χ0n) is 7.74. The second-order valence-electron chi connectivity index (χ2n) is 1.97. The summed E-state index contributed by atoms with van der Waals surface area (Å²) in [5, 5.41) is 8.44. The number of aliphatic imine (C=N–C) groups is 1. The van der Waals surface area contributed by atoms with E-state index in [4.69, 9.17) is 10.00 Å². The van der Waals surface area contributed by atoms with Crippen LogP contribution in [-0.2, 0) is 14.3 Å². The molecular weight excluding hydrogens is 172 g/mol. The number of carbonyl (C=O) groups is 1. The van der Waals surface area contributed by atoms with E-state index in [9.17, 15) is 4.79 Å². The van der Waals surface area contributed by atoms with Gasteiger partial charge >= 0.3 is 5.97 Å². The maximum absolute atomic E-state index is 10.8. The molecule has 0 amide bonds. The first kappa shape index (κ1) is 11.4. The lowest BCUT2D eigenvalue weighted by Crippen LogP contribution is -2.11. The molecule has 5 nitrogen and oxygen atoms in total. The van der Waals surface area contributed by atoms with E-state index in [1.54, 1.807) is 19.9 Å². The van der Waals surface area contributed by atoms with Crippen LogP contribution < -0.4 is 0 Å². The Bertz CT molecular complexity index is 230. The van der Waals surface area contributed by atoms with E-state index in [1.165, 1.54) is 0 Å². The molecule has 0 rings (SSSR count). The van der Waals surface area contributed by atoms with E-state index in [2.05, 4.69) is 9.73 Å². The molecule has 0 aromatic heterocycles. The molecule has 0 heterocycles. The third-order valence-corrected chi connectivity index (χ3v) is 1.03. The Labute approximate surface area is 77.0 Å². The summed E-state index contributed by atoms with van der Waals surface area (Å²) >= 11 is 0. The molecule has 0 bridgehead atoms. The van der Waals surface area contributed by atoms with Gasteiger partial charge in [-0.15, -0.1) is 0 Å². The van der Waals surface area contributed by atoms with Crippen molar-refractivity contribution in [2.24, 2.45) is 4.99 Å². The van der Waals surface area contributed by atoms with Crippen molar-refractivity contribution in [1.82, 2.24) is 0 Å². The molecule has 0 fully saturated rings. The lowest BCUT2D eigenvalue weighted by molar-refractivity contribution is -0.141. The van der Waals surface area contributed by atoms with E-state index in [-0.39, 0.29) is 12.4 Å². The summed E-state index contributed by atoms with van der Waals surface area (Å²) in [6, 6.07) is 1.72. The summed E-state index contributed by atoms with van der Waals surface area (Å²) in [5.74, 6) is -0.550. The Kier molecular flexibility index (Phi) is 6.24. The largest absolute Gasteiger partial charge is 0.470 e. The monoisotopic (exact) mass is 184 g/mol. The Morgan fingerprint density at radius 1 is 1.38 bits per heavy atom. The average molecular weight is 184 g/mol. The number of rotatable bonds is 4. The summed E-state index contributed by atoms with van der Waals surface area (Å²) in [7, 11) is 0. The second-order valence-corrected chi connectivity index (χ2v) is 1.97. The molecule has 0 aliphatic rings. The lowest BCUT2D eigenvalue weighted by Gasteiger charge is -1.99. The van der Waals surface area contributed by atoms with Crippen LogP contribution in [0.5, 0.6) is 0 Å². The first-order valence-corrected chi connectivity index (χ1v) is 3.97. The quantitative estimate of drug-likeness (QED) is 0.362. The molecule has 5 heteroatoms. The highest BCUT2D eigenvalue weighted by Crippen LogP contribution is 1.84. The smallest absolute Gasteiger partial charge is 0.327 e. The first-order chi connectivity index (χ1) is 6.24. The average Bonchev–Trinajstić information content (AvgIpc) is 2.12. The van der Waals surface area contributed by atoms with Crippen molar-refractivity contribution in [3.8, 4) is 6.07 Å². The van der Waals surface area contributed by atoms with Gasteiger partial charge in [-0.3, -0.25) is 4.79 Å². The van der Waals surface area contributed by atoms with E-state index in [1.807, 2.05) is 0 Å². The van der Waals surface area contributed by atoms with Crippen LogP contribution in [-0.4, -0.2) is 31.6 Å². The fourth-order valence-corrected chi connectivity index (χ4v) is 0.593. The van der Waals surface area contributed by atoms with Crippen LogP contribution in [0.4, 0.5) is 0 Å². The van der Waals surface area contributed by atoms with Crippen molar-refractivity contribution >= 4 is 11.9 Å². The molecule has 0 N–H and O–H groups in total. The van der Waals surface area contributed by atoms with Gasteiger partial charge in [0.1, 0.15) is 6.54 Å². The summed E-state index contributed by atoms with van der Waals surface area (Å²) in [6.45, 7) is 3.93. The van der Waals surface area contributed by atoms with Gasteiger partial charge in [0, 0.05) is 0 Å². The van der Waals surface area contributed by atoms with Crippen molar-refractivity contribution in [3.05, 3.63) is 0 Å². The van der Waals surface area contributed by atoms with Crippen LogP contribution in [0, 0.1) is 11.3 Å². The minimum absolute atomic E-state index is 0.0875. The predicted molar refractivity (Wildman–Crippen MR) is 46.2 cm³/mol. The van der Waals surface area contributed by atoms with Crippen molar-refractivity contribution in [3.63, 3.8) is 0 Å². The molecule has 0 saturated carbocycles. The fourth-order valence-electron chi connectivity index (χ4n) is 0.593. The maximum Gasteiger partial charge on any atom is 0.327 e. The van der Waals surface area contributed by atoms with E-state index >= 15 is 0 Å². The van der Waals surface area contributed by atoms with Crippen LogP contribution in [0.25, 0.3) is 0 Å². The van der Waals surface area contributed by atoms with Crippen LogP contribution in [0.2, 0.25) is 0 Å². The first-order valence-electron chi connectivity index (χ1n) is 3.97. The third-order valence-electron chi connectivity index (χ3n) is 1.03. The minimum Gasteiger partial charge on any atom is -0.470 e. The molecule has 0 saturated heterocycles. The van der Waals surface area contributed by atoms with Crippen molar-refractivity contribution in [1.29, 1.82) is 5.26 Å². The van der Waals surface area contributed by atoms with Crippen molar-refractivity contribution in [2.45, 2.75) is 13.8 Å². The zero-order valence-corrected chi connectivity index (χ0v) is 7.74. The highest BCUT2D eigenvalue weighted by molar-refractivity contribution is 5.92. The molecular formula is C8H12N2O3. The molecule has 0 radical (unpaired) electrons. The Balaban J connectivity index is 3.93. The second kappa shape index (κ2) is 7.10. The van der Waals surface area contributed by atoms with Crippen LogP contribution in [0.1, 0.15) is 13.8 Å². The van der Waals surface area contributed by atoms with Gasteiger partial charge in [0.25, 0.3) is 5.90 Å². The van der Waals surface area contributed by atoms with Crippen LogP contribution in [0.3, 0.4) is 0 Å². The Hall–Kier alpha value is -1.57. The number of nitriles is 1. The standard InChI is InChI=1S/C8H12N2O3/c1-3-12-7(5-9)10-6-8(11)13-4-2/h3-4,6H2,1-2H3. The van der Waals surface area contributed by atoms with Gasteiger partial charge in [0.2, 0.25) is 0 Å². The predicted octanol–water partition coefficient (Wildman–Crippen LogP) is 0.508.